The first-order valence-corrected chi connectivity index (χ1v) is 2.70. The molecule has 0 saturated heterocycles. The molecule has 0 aliphatic carbocycles. The zero-order valence-corrected chi connectivity index (χ0v) is 6.22. The lowest BCUT2D eigenvalue weighted by atomic mass is 11.0. The van der Waals surface area contributed by atoms with E-state index in [9.17, 15) is 0 Å². The fraction of sp³-hybridized carbons (Fsp3) is 0.400. The molecule has 0 bridgehead atoms. The van der Waals surface area contributed by atoms with Gasteiger partial charge >= 0.3 is 0 Å². The second-order valence-corrected chi connectivity index (χ2v) is 1.79. The molecule has 52 valence electrons. The predicted molar refractivity (Wildman–Crippen MR) is 38.3 cm³/mol. The molecule has 0 radical (unpaired) electrons. The van der Waals surface area contributed by atoms with Gasteiger partial charge in [0.05, 0.1) is 7.11 Å². The molecular weight excluding hydrogens is 140 g/mol. The molecule has 0 unspecified atom stereocenters. The van der Waals surface area contributed by atoms with Crippen molar-refractivity contribution in [3.8, 4) is 0 Å². The normalized spacial score (nSPS) is 10.1. The number of hydrogen-bond donors (Lipinski definition) is 0. The Morgan fingerprint density at radius 1 is 1.89 bits per heavy atom. The summed E-state index contributed by atoms with van der Waals surface area (Å²) in [7, 11) is 3.23. The van der Waals surface area contributed by atoms with Crippen LogP contribution >= 0.6 is 11.6 Å². The molecule has 0 spiro atoms. The van der Waals surface area contributed by atoms with Crippen LogP contribution in [0.5, 0.6) is 0 Å². The standard InChI is InChI=1S/C5H9ClN2O/c1-5(6)7-4-8(2)9-3/h4H,1H2,2-3H3. The Morgan fingerprint density at radius 2 is 2.44 bits per heavy atom. The summed E-state index contributed by atoms with van der Waals surface area (Å²) in [6, 6.07) is 0. The maximum absolute atomic E-state index is 5.30. The van der Waals surface area contributed by atoms with Crippen LogP contribution in [0.4, 0.5) is 0 Å². The summed E-state index contributed by atoms with van der Waals surface area (Å²) in [4.78, 5) is 8.33. The van der Waals surface area contributed by atoms with Crippen molar-refractivity contribution in [2.75, 3.05) is 14.2 Å². The third-order valence-electron chi connectivity index (χ3n) is 0.648. The first-order chi connectivity index (χ1) is 4.16. The summed E-state index contributed by atoms with van der Waals surface area (Å²) < 4.78 is 0. The van der Waals surface area contributed by atoms with E-state index < -0.39 is 0 Å². The number of aliphatic imine (C=N–C) groups is 1. The van der Waals surface area contributed by atoms with Gasteiger partial charge < -0.3 is 0 Å². The van der Waals surface area contributed by atoms with Crippen LogP contribution in [0.2, 0.25) is 0 Å². The molecule has 0 amide bonds. The van der Waals surface area contributed by atoms with Crippen molar-refractivity contribution in [2.45, 2.75) is 0 Å². The van der Waals surface area contributed by atoms with Gasteiger partial charge in [0, 0.05) is 7.05 Å². The molecule has 0 saturated carbocycles. The summed E-state index contributed by atoms with van der Waals surface area (Å²) in [6.07, 6.45) is 1.43. The zero-order valence-electron chi connectivity index (χ0n) is 5.47. The van der Waals surface area contributed by atoms with Gasteiger partial charge in [-0.3, -0.25) is 4.84 Å². The van der Waals surface area contributed by atoms with Gasteiger partial charge in [0.25, 0.3) is 0 Å². The molecule has 0 rings (SSSR count). The predicted octanol–water partition coefficient (Wildman–Crippen LogP) is 1.22. The van der Waals surface area contributed by atoms with Gasteiger partial charge in [0.15, 0.2) is 0 Å². The van der Waals surface area contributed by atoms with Crippen LogP contribution in [0.15, 0.2) is 16.7 Å². The maximum atomic E-state index is 5.30. The van der Waals surface area contributed by atoms with Gasteiger partial charge in [-0.05, 0) is 0 Å². The molecule has 0 N–H and O–H groups in total. The highest BCUT2D eigenvalue weighted by molar-refractivity contribution is 6.29. The van der Waals surface area contributed by atoms with Gasteiger partial charge in [0.1, 0.15) is 11.5 Å². The summed E-state index contributed by atoms with van der Waals surface area (Å²) in [5.74, 6) is 0. The number of hydrogen-bond acceptors (Lipinski definition) is 2. The number of halogens is 1. The molecule has 0 atom stereocenters. The first-order valence-electron chi connectivity index (χ1n) is 2.32. The fourth-order valence-corrected chi connectivity index (χ4v) is 0.235. The summed E-state index contributed by atoms with van der Waals surface area (Å²) in [5, 5.41) is 1.65. The van der Waals surface area contributed by atoms with Crippen molar-refractivity contribution in [2.24, 2.45) is 4.99 Å². The van der Waals surface area contributed by atoms with E-state index in [1.165, 1.54) is 18.5 Å². The number of rotatable bonds is 3. The van der Waals surface area contributed by atoms with Crippen LogP contribution in [0, 0.1) is 0 Å². The molecule has 0 heterocycles. The van der Waals surface area contributed by atoms with Crippen molar-refractivity contribution < 1.29 is 4.84 Å². The third-order valence-corrected chi connectivity index (χ3v) is 0.746. The Morgan fingerprint density at radius 3 is 2.78 bits per heavy atom. The Hall–Kier alpha value is -0.540. The van der Waals surface area contributed by atoms with Crippen LogP contribution in [0.3, 0.4) is 0 Å². The Kier molecular flexibility index (Phi) is 4.09. The van der Waals surface area contributed by atoms with E-state index in [-0.39, 0.29) is 5.16 Å². The number of nitrogens with zero attached hydrogens (tertiary/aromatic N) is 2. The van der Waals surface area contributed by atoms with Gasteiger partial charge in [-0.1, -0.05) is 18.2 Å². The number of hydroxylamine groups is 2. The largest absolute Gasteiger partial charge is 0.276 e. The highest BCUT2D eigenvalue weighted by atomic mass is 35.5. The lowest BCUT2D eigenvalue weighted by Crippen LogP contribution is -2.13. The SMILES string of the molecule is C=C(Cl)N=CN(C)OC. The smallest absolute Gasteiger partial charge is 0.123 e. The van der Waals surface area contributed by atoms with Gasteiger partial charge in [-0.2, -0.15) is 0 Å². The second kappa shape index (κ2) is 4.35. The van der Waals surface area contributed by atoms with Gasteiger partial charge in [0.2, 0.25) is 0 Å². The molecule has 0 aromatic carbocycles. The minimum atomic E-state index is 0.235. The van der Waals surface area contributed by atoms with E-state index in [1.54, 1.807) is 7.05 Å². The zero-order chi connectivity index (χ0) is 7.28. The maximum Gasteiger partial charge on any atom is 0.123 e. The summed E-state index contributed by atoms with van der Waals surface area (Å²) in [6.45, 7) is 3.35. The fourth-order valence-electron chi connectivity index (χ4n) is 0.191. The molecular formula is C5H9ClN2O. The van der Waals surface area contributed by atoms with Crippen LogP contribution in [0.1, 0.15) is 0 Å². The molecule has 0 fully saturated rings. The lowest BCUT2D eigenvalue weighted by molar-refractivity contribution is -0.0363. The van der Waals surface area contributed by atoms with E-state index in [0.29, 0.717) is 0 Å². The highest BCUT2D eigenvalue weighted by Crippen LogP contribution is 1.95. The minimum Gasteiger partial charge on any atom is -0.276 e. The van der Waals surface area contributed by atoms with Crippen LogP contribution in [-0.2, 0) is 4.84 Å². The van der Waals surface area contributed by atoms with E-state index in [1.807, 2.05) is 0 Å². The van der Waals surface area contributed by atoms with Crippen molar-refractivity contribution in [1.82, 2.24) is 5.06 Å². The topological polar surface area (TPSA) is 24.8 Å². The Balaban J connectivity index is 3.56. The molecule has 9 heavy (non-hydrogen) atoms. The average molecular weight is 149 g/mol. The third kappa shape index (κ3) is 5.33. The van der Waals surface area contributed by atoms with Crippen molar-refractivity contribution in [3.63, 3.8) is 0 Å². The molecule has 4 heteroatoms. The summed E-state index contributed by atoms with van der Waals surface area (Å²) >= 11 is 5.30. The quantitative estimate of drug-likeness (QED) is 0.260. The highest BCUT2D eigenvalue weighted by Gasteiger charge is 1.83. The molecule has 0 aromatic rings. The minimum absolute atomic E-state index is 0.235. The van der Waals surface area contributed by atoms with Crippen molar-refractivity contribution in [1.29, 1.82) is 0 Å². The van der Waals surface area contributed by atoms with E-state index in [4.69, 9.17) is 11.6 Å². The van der Waals surface area contributed by atoms with Gasteiger partial charge in [-0.15, -0.1) is 0 Å². The van der Waals surface area contributed by atoms with Crippen LogP contribution in [-0.4, -0.2) is 25.6 Å². The van der Waals surface area contributed by atoms with Crippen LogP contribution < -0.4 is 0 Å². The van der Waals surface area contributed by atoms with Gasteiger partial charge in [-0.25, -0.2) is 10.1 Å². The van der Waals surface area contributed by atoms with E-state index in [2.05, 4.69) is 16.4 Å². The molecule has 3 nitrogen and oxygen atoms in total. The lowest BCUT2D eigenvalue weighted by Gasteiger charge is -2.06. The Labute approximate surface area is 59.5 Å². The monoisotopic (exact) mass is 148 g/mol. The molecule has 0 aliphatic heterocycles. The van der Waals surface area contributed by atoms with Crippen molar-refractivity contribution >= 4 is 17.9 Å². The Bertz CT molecular complexity index is 124. The summed E-state index contributed by atoms with van der Waals surface area (Å²) in [5.41, 5.74) is 0. The van der Waals surface area contributed by atoms with E-state index in [0.717, 1.165) is 0 Å². The van der Waals surface area contributed by atoms with Crippen molar-refractivity contribution in [3.05, 3.63) is 11.7 Å². The molecule has 0 aliphatic rings. The van der Waals surface area contributed by atoms with Crippen LogP contribution in [0.25, 0.3) is 0 Å². The molecule has 0 aromatic heterocycles. The first kappa shape index (κ1) is 8.46. The second-order valence-electron chi connectivity index (χ2n) is 1.35. The average Bonchev–Trinajstić information content (AvgIpc) is 1.83. The van der Waals surface area contributed by atoms with E-state index >= 15 is 0 Å².